The van der Waals surface area contributed by atoms with Crippen LogP contribution in [0.25, 0.3) is 0 Å². The predicted molar refractivity (Wildman–Crippen MR) is 37.6 cm³/mol. The number of nitrogens with two attached hydrogens (primary N) is 1. The molecule has 2 N–H and O–H groups in total. The van der Waals surface area contributed by atoms with Crippen LogP contribution in [0.3, 0.4) is 0 Å². The maximum atomic E-state index is 4.98. The van der Waals surface area contributed by atoms with Gasteiger partial charge in [-0.15, -0.1) is 12.4 Å². The molecule has 1 rings (SSSR count). The van der Waals surface area contributed by atoms with Crippen molar-refractivity contribution in [2.45, 2.75) is 0 Å². The van der Waals surface area contributed by atoms with E-state index in [0.717, 1.165) is 0 Å². The summed E-state index contributed by atoms with van der Waals surface area (Å²) in [6, 6.07) is 0. The van der Waals surface area contributed by atoms with Gasteiger partial charge in [-0.05, 0) is 0 Å². The van der Waals surface area contributed by atoms with E-state index in [9.17, 15) is 0 Å². The molecular weight excluding hydrogens is 158 g/mol. The Morgan fingerprint density at radius 2 is 2.00 bits per heavy atom. The highest BCUT2D eigenvalue weighted by Gasteiger charge is 2.13. The number of halogens is 1. The molecule has 0 aromatic heterocycles. The van der Waals surface area contributed by atoms with Gasteiger partial charge < -0.3 is 14.3 Å². The fourth-order valence-electron chi connectivity index (χ4n) is 0.769. The normalized spacial score (nSPS) is 20.1. The second kappa shape index (κ2) is 5.88. The first-order valence-corrected chi connectivity index (χ1v) is 2.90. The molecule has 1 aliphatic rings. The number of rotatable bonds is 2. The highest BCUT2D eigenvalue weighted by molar-refractivity contribution is 5.85. The van der Waals surface area contributed by atoms with Crippen molar-refractivity contribution < 1.29 is 14.3 Å². The second-order valence-electron chi connectivity index (χ2n) is 2.06. The smallest absolute Gasteiger partial charge is 0.146 e. The van der Waals surface area contributed by atoms with E-state index < -0.39 is 0 Å². The summed E-state index contributed by atoms with van der Waals surface area (Å²) in [5, 5.41) is 0. The summed E-state index contributed by atoms with van der Waals surface area (Å²) in [5.74, 6) is 5.16. The van der Waals surface area contributed by atoms with Gasteiger partial charge >= 0.3 is 0 Å². The van der Waals surface area contributed by atoms with Gasteiger partial charge in [0.1, 0.15) is 6.79 Å². The molecule has 1 heterocycles. The molecule has 4 nitrogen and oxygen atoms in total. The van der Waals surface area contributed by atoms with Crippen LogP contribution in [0.5, 0.6) is 0 Å². The molecule has 0 aliphatic carbocycles. The Morgan fingerprint density at radius 3 is 2.50 bits per heavy atom. The van der Waals surface area contributed by atoms with E-state index in [1.807, 2.05) is 0 Å². The maximum Gasteiger partial charge on any atom is 0.146 e. The van der Waals surface area contributed by atoms with Crippen molar-refractivity contribution in [2.75, 3.05) is 26.6 Å². The van der Waals surface area contributed by atoms with Crippen LogP contribution in [0, 0.1) is 5.92 Å². The van der Waals surface area contributed by atoms with Crippen LogP contribution in [0.4, 0.5) is 0 Å². The maximum absolute atomic E-state index is 4.98. The average Bonchev–Trinajstić information content (AvgIpc) is 1.91. The van der Waals surface area contributed by atoms with Gasteiger partial charge in [-0.1, -0.05) is 0 Å². The van der Waals surface area contributed by atoms with Crippen LogP contribution < -0.4 is 5.90 Å². The number of ether oxygens (including phenoxy) is 2. The quantitative estimate of drug-likeness (QED) is 0.588. The molecule has 0 aromatic rings. The Bertz CT molecular complexity index is 74.5. The molecule has 0 amide bonds. The second-order valence-corrected chi connectivity index (χ2v) is 2.06. The van der Waals surface area contributed by atoms with E-state index in [-0.39, 0.29) is 12.4 Å². The molecular formula is C5H12ClNO3. The highest BCUT2D eigenvalue weighted by atomic mass is 35.5. The molecule has 0 unspecified atom stereocenters. The van der Waals surface area contributed by atoms with E-state index >= 15 is 0 Å². The Balaban J connectivity index is 0.000000810. The van der Waals surface area contributed by atoms with Crippen molar-refractivity contribution in [3.8, 4) is 0 Å². The monoisotopic (exact) mass is 169 g/mol. The number of hydrogen-bond acceptors (Lipinski definition) is 4. The van der Waals surface area contributed by atoms with Crippen molar-refractivity contribution in [1.82, 2.24) is 0 Å². The Morgan fingerprint density at radius 1 is 1.40 bits per heavy atom. The van der Waals surface area contributed by atoms with Gasteiger partial charge in [0.2, 0.25) is 0 Å². The third-order valence-corrected chi connectivity index (χ3v) is 1.21. The summed E-state index contributed by atoms with van der Waals surface area (Å²) in [7, 11) is 0. The molecule has 1 saturated heterocycles. The summed E-state index contributed by atoms with van der Waals surface area (Å²) in [5.41, 5.74) is 0. The lowest BCUT2D eigenvalue weighted by Gasteiger charge is -2.20. The predicted octanol–water partition coefficient (Wildman–Crippen LogP) is -0.0810. The van der Waals surface area contributed by atoms with Gasteiger partial charge in [0, 0.05) is 5.92 Å². The van der Waals surface area contributed by atoms with Gasteiger partial charge in [0.15, 0.2) is 0 Å². The lowest BCUT2D eigenvalue weighted by Crippen LogP contribution is -2.28. The standard InChI is InChI=1S/C5H11NO3.ClH/c6-9-3-5-1-7-4-8-2-5;/h5H,1-4,6H2;1H. The van der Waals surface area contributed by atoms with E-state index in [1.54, 1.807) is 0 Å². The van der Waals surface area contributed by atoms with Gasteiger partial charge in [0.25, 0.3) is 0 Å². The average molecular weight is 170 g/mol. The van der Waals surface area contributed by atoms with Gasteiger partial charge in [-0.3, -0.25) is 0 Å². The minimum absolute atomic E-state index is 0. The molecule has 0 bridgehead atoms. The third-order valence-electron chi connectivity index (χ3n) is 1.21. The van der Waals surface area contributed by atoms with Crippen LogP contribution in [0.2, 0.25) is 0 Å². The summed E-state index contributed by atoms with van der Waals surface area (Å²) in [4.78, 5) is 4.42. The Hall–Kier alpha value is 0.130. The fraction of sp³-hybridized carbons (Fsp3) is 1.00. The summed E-state index contributed by atoms with van der Waals surface area (Å²) >= 11 is 0. The zero-order valence-electron chi connectivity index (χ0n) is 5.62. The van der Waals surface area contributed by atoms with Gasteiger partial charge in [-0.25, -0.2) is 5.90 Å². The van der Waals surface area contributed by atoms with E-state index in [4.69, 9.17) is 15.4 Å². The highest BCUT2D eigenvalue weighted by Crippen LogP contribution is 2.03. The minimum atomic E-state index is 0. The van der Waals surface area contributed by atoms with E-state index in [1.165, 1.54) is 0 Å². The molecule has 10 heavy (non-hydrogen) atoms. The van der Waals surface area contributed by atoms with Crippen molar-refractivity contribution in [1.29, 1.82) is 0 Å². The van der Waals surface area contributed by atoms with Crippen molar-refractivity contribution in [2.24, 2.45) is 11.8 Å². The largest absolute Gasteiger partial charge is 0.355 e. The van der Waals surface area contributed by atoms with Crippen LogP contribution in [0.15, 0.2) is 0 Å². The first-order valence-electron chi connectivity index (χ1n) is 2.90. The first-order chi connectivity index (χ1) is 4.43. The zero-order valence-corrected chi connectivity index (χ0v) is 6.43. The van der Waals surface area contributed by atoms with Crippen LogP contribution in [-0.4, -0.2) is 26.6 Å². The van der Waals surface area contributed by atoms with Crippen LogP contribution in [0.1, 0.15) is 0 Å². The summed E-state index contributed by atoms with van der Waals surface area (Å²) in [6.07, 6.45) is 0. The Labute approximate surface area is 66.0 Å². The van der Waals surface area contributed by atoms with Crippen molar-refractivity contribution >= 4 is 12.4 Å². The molecule has 5 heteroatoms. The lowest BCUT2D eigenvalue weighted by atomic mass is 10.2. The summed E-state index contributed by atoms with van der Waals surface area (Å²) in [6.45, 7) is 2.30. The van der Waals surface area contributed by atoms with Gasteiger partial charge in [-0.2, -0.15) is 0 Å². The molecule has 0 aromatic carbocycles. The SMILES string of the molecule is Cl.NOCC1COCOC1. The molecule has 0 atom stereocenters. The topological polar surface area (TPSA) is 53.7 Å². The van der Waals surface area contributed by atoms with Crippen molar-refractivity contribution in [3.05, 3.63) is 0 Å². The third kappa shape index (κ3) is 3.34. The van der Waals surface area contributed by atoms with Crippen LogP contribution in [-0.2, 0) is 14.3 Å². The molecule has 0 spiro atoms. The zero-order chi connectivity index (χ0) is 6.53. The molecule has 62 valence electrons. The molecule has 0 radical (unpaired) electrons. The molecule has 1 aliphatic heterocycles. The lowest BCUT2D eigenvalue weighted by molar-refractivity contribution is -0.138. The van der Waals surface area contributed by atoms with Crippen LogP contribution >= 0.6 is 12.4 Å². The molecule has 0 saturated carbocycles. The molecule has 1 fully saturated rings. The van der Waals surface area contributed by atoms with E-state index in [2.05, 4.69) is 4.84 Å². The van der Waals surface area contributed by atoms with Gasteiger partial charge in [0.05, 0.1) is 19.8 Å². The minimum Gasteiger partial charge on any atom is -0.355 e. The Kier molecular flexibility index (Phi) is 5.96. The van der Waals surface area contributed by atoms with E-state index in [0.29, 0.717) is 32.5 Å². The fourth-order valence-corrected chi connectivity index (χ4v) is 0.769. The summed E-state index contributed by atoms with van der Waals surface area (Å²) < 4.78 is 9.95. The van der Waals surface area contributed by atoms with Crippen molar-refractivity contribution in [3.63, 3.8) is 0 Å². The number of hydrogen-bond donors (Lipinski definition) is 1. The first kappa shape index (κ1) is 10.1.